The van der Waals surface area contributed by atoms with Crippen molar-refractivity contribution in [3.8, 4) is 5.75 Å². The minimum absolute atomic E-state index is 0.0796. The molecule has 2 aromatic carbocycles. The van der Waals surface area contributed by atoms with Crippen LogP contribution in [0.1, 0.15) is 0 Å². The second kappa shape index (κ2) is 7.43. The predicted octanol–water partition coefficient (Wildman–Crippen LogP) is 2.77. The Hall–Kier alpha value is -2.75. The van der Waals surface area contributed by atoms with Crippen LogP contribution in [-0.2, 0) is 9.84 Å². The van der Waals surface area contributed by atoms with Crippen LogP contribution in [0, 0.1) is 21.7 Å². The lowest BCUT2D eigenvalue weighted by molar-refractivity contribution is -0.387. The van der Waals surface area contributed by atoms with E-state index in [1.807, 2.05) is 0 Å². The van der Waals surface area contributed by atoms with Gasteiger partial charge >= 0.3 is 0 Å². The Morgan fingerprint density at radius 2 is 1.88 bits per heavy atom. The van der Waals surface area contributed by atoms with Gasteiger partial charge in [0.25, 0.3) is 5.69 Å². The molecule has 0 aromatic heterocycles. The molecule has 0 aliphatic heterocycles. The molecule has 0 spiro atoms. The zero-order valence-electron chi connectivity index (χ0n) is 13.0. The van der Waals surface area contributed by atoms with E-state index in [0.29, 0.717) is 5.69 Å². The standard InChI is InChI=1S/C15H14F2N2O5S/c1-25(22,23)15-8-10(2-5-14(15)19(20)21)18-6-7-24-11-3-4-12(16)13(17)9-11/h2-5,8-9,18H,6-7H2,1H3. The summed E-state index contributed by atoms with van der Waals surface area (Å²) in [7, 11) is -3.77. The van der Waals surface area contributed by atoms with Crippen molar-refractivity contribution < 1.29 is 26.9 Å². The number of ether oxygens (including phenoxy) is 1. The molecular weight excluding hydrogens is 358 g/mol. The summed E-state index contributed by atoms with van der Waals surface area (Å²) in [5.74, 6) is -1.87. The van der Waals surface area contributed by atoms with Crippen LogP contribution in [0.3, 0.4) is 0 Å². The molecule has 2 aromatic rings. The van der Waals surface area contributed by atoms with E-state index in [1.54, 1.807) is 0 Å². The van der Waals surface area contributed by atoms with Crippen molar-refractivity contribution in [3.63, 3.8) is 0 Å². The fourth-order valence-electron chi connectivity index (χ4n) is 2.00. The Labute approximate surface area is 142 Å². The molecule has 0 saturated heterocycles. The largest absolute Gasteiger partial charge is 0.492 e. The summed E-state index contributed by atoms with van der Waals surface area (Å²) in [5, 5.41) is 13.7. The van der Waals surface area contributed by atoms with Crippen LogP contribution in [-0.4, -0.2) is 32.7 Å². The van der Waals surface area contributed by atoms with E-state index in [4.69, 9.17) is 4.74 Å². The lowest BCUT2D eigenvalue weighted by atomic mass is 10.3. The lowest BCUT2D eigenvalue weighted by Crippen LogP contribution is -2.12. The third-order valence-corrected chi connectivity index (χ3v) is 4.27. The van der Waals surface area contributed by atoms with Crippen molar-refractivity contribution >= 4 is 21.2 Å². The fraction of sp³-hybridized carbons (Fsp3) is 0.200. The Morgan fingerprint density at radius 1 is 1.16 bits per heavy atom. The van der Waals surface area contributed by atoms with E-state index >= 15 is 0 Å². The molecule has 0 saturated carbocycles. The molecule has 7 nitrogen and oxygen atoms in total. The van der Waals surface area contributed by atoms with Gasteiger partial charge in [0.15, 0.2) is 21.5 Å². The summed E-state index contributed by atoms with van der Waals surface area (Å²) in [4.78, 5) is 9.72. The minimum atomic E-state index is -3.77. The normalized spacial score (nSPS) is 11.2. The van der Waals surface area contributed by atoms with Crippen LogP contribution in [0.15, 0.2) is 41.3 Å². The zero-order chi connectivity index (χ0) is 18.6. The number of hydrogen-bond acceptors (Lipinski definition) is 6. The monoisotopic (exact) mass is 372 g/mol. The minimum Gasteiger partial charge on any atom is -0.492 e. The van der Waals surface area contributed by atoms with Gasteiger partial charge in [-0.25, -0.2) is 17.2 Å². The summed E-state index contributed by atoms with van der Waals surface area (Å²) in [6.45, 7) is 0.288. The number of rotatable bonds is 7. The van der Waals surface area contributed by atoms with Crippen molar-refractivity contribution in [2.45, 2.75) is 4.90 Å². The molecule has 0 unspecified atom stereocenters. The Balaban J connectivity index is 2.01. The van der Waals surface area contributed by atoms with Gasteiger partial charge in [-0.2, -0.15) is 0 Å². The molecular formula is C15H14F2N2O5S. The molecule has 0 amide bonds. The Morgan fingerprint density at radius 3 is 2.48 bits per heavy atom. The van der Waals surface area contributed by atoms with Gasteiger partial charge in [-0.1, -0.05) is 0 Å². The number of anilines is 1. The number of nitrogens with one attached hydrogen (secondary N) is 1. The van der Waals surface area contributed by atoms with Crippen LogP contribution >= 0.6 is 0 Å². The van der Waals surface area contributed by atoms with Gasteiger partial charge in [-0.05, 0) is 24.3 Å². The van der Waals surface area contributed by atoms with Crippen LogP contribution in [0.2, 0.25) is 0 Å². The van der Waals surface area contributed by atoms with Crippen LogP contribution in [0.5, 0.6) is 5.75 Å². The number of halogens is 2. The highest BCUT2D eigenvalue weighted by atomic mass is 32.2. The Kier molecular flexibility index (Phi) is 5.52. The van der Waals surface area contributed by atoms with Gasteiger partial charge < -0.3 is 10.1 Å². The SMILES string of the molecule is CS(=O)(=O)c1cc(NCCOc2ccc(F)c(F)c2)ccc1[N+](=O)[O-]. The molecule has 0 radical (unpaired) electrons. The molecule has 134 valence electrons. The van der Waals surface area contributed by atoms with Crippen LogP contribution in [0.25, 0.3) is 0 Å². The van der Waals surface area contributed by atoms with E-state index in [0.717, 1.165) is 30.5 Å². The molecule has 0 aliphatic rings. The highest BCUT2D eigenvalue weighted by Gasteiger charge is 2.22. The van der Waals surface area contributed by atoms with Crippen molar-refractivity contribution in [1.29, 1.82) is 0 Å². The smallest absolute Gasteiger partial charge is 0.288 e. The summed E-state index contributed by atoms with van der Waals surface area (Å²) < 4.78 is 54.4. The van der Waals surface area contributed by atoms with Crippen molar-refractivity contribution in [1.82, 2.24) is 0 Å². The second-order valence-electron chi connectivity index (χ2n) is 5.06. The maximum absolute atomic E-state index is 13.0. The number of sulfone groups is 1. The van der Waals surface area contributed by atoms with E-state index < -0.39 is 37.0 Å². The molecule has 0 aliphatic carbocycles. The first kappa shape index (κ1) is 18.6. The summed E-state index contributed by atoms with van der Waals surface area (Å²) in [6.07, 6.45) is 0.880. The predicted molar refractivity (Wildman–Crippen MR) is 86.5 cm³/mol. The van der Waals surface area contributed by atoms with Gasteiger partial charge in [0.05, 0.1) is 4.92 Å². The lowest BCUT2D eigenvalue weighted by Gasteiger charge is -2.10. The molecule has 2 rings (SSSR count). The zero-order valence-corrected chi connectivity index (χ0v) is 13.8. The van der Waals surface area contributed by atoms with Crippen molar-refractivity contribution in [2.75, 3.05) is 24.7 Å². The molecule has 25 heavy (non-hydrogen) atoms. The molecule has 0 fully saturated rings. The average Bonchev–Trinajstić information content (AvgIpc) is 2.53. The van der Waals surface area contributed by atoms with Crippen LogP contribution in [0.4, 0.5) is 20.2 Å². The fourth-order valence-corrected chi connectivity index (χ4v) is 2.87. The van der Waals surface area contributed by atoms with Crippen molar-refractivity contribution in [3.05, 3.63) is 58.1 Å². The van der Waals surface area contributed by atoms with Gasteiger partial charge in [0, 0.05) is 30.6 Å². The summed E-state index contributed by atoms with van der Waals surface area (Å²) >= 11 is 0. The number of benzene rings is 2. The third-order valence-electron chi connectivity index (χ3n) is 3.15. The van der Waals surface area contributed by atoms with E-state index in [-0.39, 0.29) is 18.9 Å². The second-order valence-corrected chi connectivity index (χ2v) is 7.05. The number of nitro benzene ring substituents is 1. The van der Waals surface area contributed by atoms with Gasteiger partial charge in [0.2, 0.25) is 0 Å². The summed E-state index contributed by atoms with van der Waals surface area (Å²) in [6, 6.07) is 6.73. The van der Waals surface area contributed by atoms with E-state index in [1.165, 1.54) is 12.1 Å². The third kappa shape index (κ3) is 4.86. The molecule has 10 heteroatoms. The number of nitro groups is 1. The first-order valence-electron chi connectivity index (χ1n) is 6.98. The van der Waals surface area contributed by atoms with Gasteiger partial charge in [-0.15, -0.1) is 0 Å². The number of nitrogens with zero attached hydrogens (tertiary/aromatic N) is 1. The highest BCUT2D eigenvalue weighted by Crippen LogP contribution is 2.27. The first-order chi connectivity index (χ1) is 11.7. The maximum atomic E-state index is 13.0. The first-order valence-corrected chi connectivity index (χ1v) is 8.88. The number of hydrogen-bond donors (Lipinski definition) is 1. The van der Waals surface area contributed by atoms with Crippen molar-refractivity contribution in [2.24, 2.45) is 0 Å². The van der Waals surface area contributed by atoms with E-state index in [9.17, 15) is 27.3 Å². The molecule has 0 bridgehead atoms. The van der Waals surface area contributed by atoms with E-state index in [2.05, 4.69) is 5.32 Å². The van der Waals surface area contributed by atoms with Crippen LogP contribution < -0.4 is 10.1 Å². The highest BCUT2D eigenvalue weighted by molar-refractivity contribution is 7.90. The quantitative estimate of drug-likeness (QED) is 0.456. The maximum Gasteiger partial charge on any atom is 0.288 e. The molecule has 0 heterocycles. The Bertz CT molecular complexity index is 903. The molecule has 1 N–H and O–H groups in total. The summed E-state index contributed by atoms with van der Waals surface area (Å²) in [5.41, 5.74) is -0.161. The molecule has 0 atom stereocenters. The average molecular weight is 372 g/mol. The van der Waals surface area contributed by atoms with Gasteiger partial charge in [0.1, 0.15) is 17.3 Å². The topological polar surface area (TPSA) is 98.5 Å². The van der Waals surface area contributed by atoms with Gasteiger partial charge in [-0.3, -0.25) is 10.1 Å².